The average Bonchev–Trinajstić information content (AvgIpc) is 3.05. The van der Waals surface area contributed by atoms with Gasteiger partial charge in [0, 0.05) is 17.6 Å². The Labute approximate surface area is 138 Å². The highest BCUT2D eigenvalue weighted by atomic mass is 16.5. The van der Waals surface area contributed by atoms with E-state index >= 15 is 0 Å². The van der Waals surface area contributed by atoms with Crippen molar-refractivity contribution in [2.75, 3.05) is 0 Å². The molecule has 1 saturated carbocycles. The number of fused-ring (bicyclic) bond motifs is 1. The SMILES string of the molecule is O=C(NC1CCC1)c1nc(COc2cccc3cccnc23)co1. The van der Waals surface area contributed by atoms with E-state index in [1.807, 2.05) is 30.3 Å². The van der Waals surface area contributed by atoms with Gasteiger partial charge in [0.25, 0.3) is 5.89 Å². The maximum absolute atomic E-state index is 12.0. The van der Waals surface area contributed by atoms with Crippen molar-refractivity contribution in [2.45, 2.75) is 31.9 Å². The lowest BCUT2D eigenvalue weighted by Crippen LogP contribution is -2.39. The molecule has 0 saturated heterocycles. The van der Waals surface area contributed by atoms with Crippen molar-refractivity contribution in [3.05, 3.63) is 54.4 Å². The van der Waals surface area contributed by atoms with Gasteiger partial charge in [-0.2, -0.15) is 0 Å². The summed E-state index contributed by atoms with van der Waals surface area (Å²) in [5.41, 5.74) is 1.37. The highest BCUT2D eigenvalue weighted by molar-refractivity contribution is 5.89. The van der Waals surface area contributed by atoms with Gasteiger partial charge in [-0.3, -0.25) is 9.78 Å². The number of para-hydroxylation sites is 1. The molecule has 0 radical (unpaired) electrons. The highest BCUT2D eigenvalue weighted by Gasteiger charge is 2.22. The zero-order chi connectivity index (χ0) is 16.4. The number of rotatable bonds is 5. The first-order valence-corrected chi connectivity index (χ1v) is 8.01. The molecule has 0 aliphatic heterocycles. The minimum absolute atomic E-state index is 0.0801. The van der Waals surface area contributed by atoms with Gasteiger partial charge in [-0.05, 0) is 31.4 Å². The van der Waals surface area contributed by atoms with Crippen molar-refractivity contribution in [3.63, 3.8) is 0 Å². The lowest BCUT2D eigenvalue weighted by Gasteiger charge is -2.25. The summed E-state index contributed by atoms with van der Waals surface area (Å²) in [6.45, 7) is 0.218. The van der Waals surface area contributed by atoms with Gasteiger partial charge in [0.15, 0.2) is 0 Å². The maximum Gasteiger partial charge on any atom is 0.307 e. The molecule has 1 aliphatic carbocycles. The first-order chi connectivity index (χ1) is 11.8. The van der Waals surface area contributed by atoms with Crippen molar-refractivity contribution in [1.82, 2.24) is 15.3 Å². The molecular formula is C18H17N3O3. The van der Waals surface area contributed by atoms with Gasteiger partial charge >= 0.3 is 5.91 Å². The number of pyridine rings is 1. The van der Waals surface area contributed by atoms with E-state index in [-0.39, 0.29) is 24.4 Å². The van der Waals surface area contributed by atoms with Crippen LogP contribution in [0.25, 0.3) is 10.9 Å². The number of hydrogen-bond acceptors (Lipinski definition) is 5. The number of carbonyl (C=O) groups excluding carboxylic acids is 1. The van der Waals surface area contributed by atoms with Gasteiger partial charge in [-0.1, -0.05) is 18.2 Å². The topological polar surface area (TPSA) is 77.2 Å². The first-order valence-electron chi connectivity index (χ1n) is 8.01. The molecule has 1 aliphatic rings. The number of benzene rings is 1. The van der Waals surface area contributed by atoms with Crippen LogP contribution < -0.4 is 10.1 Å². The Kier molecular flexibility index (Phi) is 3.86. The fourth-order valence-corrected chi connectivity index (χ4v) is 2.62. The summed E-state index contributed by atoms with van der Waals surface area (Å²) in [6, 6.07) is 9.88. The first kappa shape index (κ1) is 14.7. The molecule has 24 heavy (non-hydrogen) atoms. The number of hydrogen-bond donors (Lipinski definition) is 1. The number of amides is 1. The van der Waals surface area contributed by atoms with E-state index in [4.69, 9.17) is 9.15 Å². The van der Waals surface area contributed by atoms with Gasteiger partial charge in [0.1, 0.15) is 29.8 Å². The summed E-state index contributed by atoms with van der Waals surface area (Å²) < 4.78 is 11.0. The molecule has 4 rings (SSSR count). The van der Waals surface area contributed by atoms with Crippen molar-refractivity contribution in [2.24, 2.45) is 0 Å². The Hall–Kier alpha value is -2.89. The van der Waals surface area contributed by atoms with Crippen LogP contribution in [0.3, 0.4) is 0 Å². The fourth-order valence-electron chi connectivity index (χ4n) is 2.62. The van der Waals surface area contributed by atoms with E-state index in [1.54, 1.807) is 6.20 Å². The smallest absolute Gasteiger partial charge is 0.307 e. The third kappa shape index (κ3) is 2.95. The summed E-state index contributed by atoms with van der Waals surface area (Å²) >= 11 is 0. The predicted molar refractivity (Wildman–Crippen MR) is 87.7 cm³/mol. The molecular weight excluding hydrogens is 306 g/mol. The standard InChI is InChI=1S/C18H17N3O3/c22-17(20-13-6-2-7-13)18-21-14(11-24-18)10-23-15-8-1-4-12-5-3-9-19-16(12)15/h1,3-5,8-9,11,13H,2,6-7,10H2,(H,20,22). The Morgan fingerprint density at radius 2 is 2.17 bits per heavy atom. The number of nitrogens with zero attached hydrogens (tertiary/aromatic N) is 2. The van der Waals surface area contributed by atoms with Crippen LogP contribution in [0.1, 0.15) is 35.6 Å². The highest BCUT2D eigenvalue weighted by Crippen LogP contribution is 2.24. The van der Waals surface area contributed by atoms with E-state index in [0.29, 0.717) is 11.4 Å². The Bertz CT molecular complexity index is 865. The van der Waals surface area contributed by atoms with Crippen LogP contribution in [0.2, 0.25) is 0 Å². The number of oxazole rings is 1. The van der Waals surface area contributed by atoms with Gasteiger partial charge in [0.2, 0.25) is 0 Å². The van der Waals surface area contributed by atoms with E-state index in [1.165, 1.54) is 6.26 Å². The second-order valence-electron chi connectivity index (χ2n) is 5.87. The van der Waals surface area contributed by atoms with E-state index < -0.39 is 0 Å². The molecule has 0 spiro atoms. The molecule has 122 valence electrons. The van der Waals surface area contributed by atoms with Crippen LogP contribution in [0.5, 0.6) is 5.75 Å². The van der Waals surface area contributed by atoms with Gasteiger partial charge in [-0.25, -0.2) is 4.98 Å². The van der Waals surface area contributed by atoms with Crippen molar-refractivity contribution in [1.29, 1.82) is 0 Å². The minimum Gasteiger partial charge on any atom is -0.485 e. The molecule has 0 unspecified atom stereocenters. The Balaban J connectivity index is 1.43. The summed E-state index contributed by atoms with van der Waals surface area (Å²) in [6.07, 6.45) is 6.39. The number of aromatic nitrogens is 2. The summed E-state index contributed by atoms with van der Waals surface area (Å²) in [5, 5.41) is 3.91. The fraction of sp³-hybridized carbons (Fsp3) is 0.278. The lowest BCUT2D eigenvalue weighted by atomic mass is 9.93. The van der Waals surface area contributed by atoms with Crippen LogP contribution in [0.15, 0.2) is 47.2 Å². The van der Waals surface area contributed by atoms with Crippen LogP contribution in [0, 0.1) is 0 Å². The zero-order valence-electron chi connectivity index (χ0n) is 13.1. The largest absolute Gasteiger partial charge is 0.485 e. The minimum atomic E-state index is -0.266. The average molecular weight is 323 g/mol. The second kappa shape index (κ2) is 6.31. The summed E-state index contributed by atoms with van der Waals surface area (Å²) in [4.78, 5) is 20.5. The van der Waals surface area contributed by atoms with Gasteiger partial charge in [-0.15, -0.1) is 0 Å². The van der Waals surface area contributed by atoms with Crippen molar-refractivity contribution in [3.8, 4) is 5.75 Å². The molecule has 6 heteroatoms. The zero-order valence-corrected chi connectivity index (χ0v) is 13.1. The van der Waals surface area contributed by atoms with Crippen LogP contribution >= 0.6 is 0 Å². The summed E-state index contributed by atoms with van der Waals surface area (Å²) in [7, 11) is 0. The Morgan fingerprint density at radius 1 is 1.29 bits per heavy atom. The molecule has 1 amide bonds. The monoisotopic (exact) mass is 323 g/mol. The van der Waals surface area contributed by atoms with Crippen LogP contribution in [-0.2, 0) is 6.61 Å². The molecule has 3 aromatic rings. The Morgan fingerprint density at radius 3 is 3.00 bits per heavy atom. The summed E-state index contributed by atoms with van der Waals surface area (Å²) in [5.74, 6) is 0.492. The van der Waals surface area contributed by atoms with Crippen LogP contribution in [0.4, 0.5) is 0 Å². The van der Waals surface area contributed by atoms with Gasteiger partial charge in [0.05, 0.1) is 0 Å². The molecule has 2 heterocycles. The van der Waals surface area contributed by atoms with Crippen molar-refractivity contribution >= 4 is 16.8 Å². The second-order valence-corrected chi connectivity index (χ2v) is 5.87. The normalized spacial score (nSPS) is 14.3. The molecule has 0 atom stereocenters. The lowest BCUT2D eigenvalue weighted by molar-refractivity contribution is 0.0881. The molecule has 1 fully saturated rings. The van der Waals surface area contributed by atoms with Crippen LogP contribution in [-0.4, -0.2) is 21.9 Å². The third-order valence-corrected chi connectivity index (χ3v) is 4.16. The van der Waals surface area contributed by atoms with Crippen molar-refractivity contribution < 1.29 is 13.9 Å². The molecule has 6 nitrogen and oxygen atoms in total. The maximum atomic E-state index is 12.0. The molecule has 1 N–H and O–H groups in total. The quantitative estimate of drug-likeness (QED) is 0.781. The number of nitrogens with one attached hydrogen (secondary N) is 1. The molecule has 1 aromatic carbocycles. The molecule has 2 aromatic heterocycles. The predicted octanol–water partition coefficient (Wildman–Crippen LogP) is 3.08. The van der Waals surface area contributed by atoms with Gasteiger partial charge < -0.3 is 14.5 Å². The number of ether oxygens (including phenoxy) is 1. The van der Waals surface area contributed by atoms with E-state index in [2.05, 4.69) is 15.3 Å². The van der Waals surface area contributed by atoms with E-state index in [0.717, 1.165) is 30.2 Å². The third-order valence-electron chi connectivity index (χ3n) is 4.16. The number of carbonyl (C=O) groups is 1. The van der Waals surface area contributed by atoms with E-state index in [9.17, 15) is 4.79 Å². The molecule has 0 bridgehead atoms.